The summed E-state index contributed by atoms with van der Waals surface area (Å²) in [4.78, 5) is 4.26. The molecule has 0 aliphatic rings. The number of methoxy groups -OCH3 is 1. The molecule has 1 aromatic carbocycles. The Morgan fingerprint density at radius 1 is 1.18 bits per heavy atom. The maximum Gasteiger partial charge on any atom is 0.504 e. The third-order valence-corrected chi connectivity index (χ3v) is 2.35. The van der Waals surface area contributed by atoms with Crippen molar-refractivity contribution in [1.82, 2.24) is 4.98 Å². The van der Waals surface area contributed by atoms with Crippen LogP contribution in [0.1, 0.15) is 0 Å². The molecule has 0 fully saturated rings. The van der Waals surface area contributed by atoms with E-state index >= 15 is 0 Å². The first kappa shape index (κ1) is 11.5. The van der Waals surface area contributed by atoms with E-state index in [2.05, 4.69) is 4.98 Å². The minimum absolute atomic E-state index is 0.352. The van der Waals surface area contributed by atoms with Crippen LogP contribution in [0.3, 0.4) is 0 Å². The summed E-state index contributed by atoms with van der Waals surface area (Å²) in [6, 6.07) is 11.2. The fraction of sp³-hybridized carbons (Fsp3) is 0.0833. The van der Waals surface area contributed by atoms with Gasteiger partial charge < -0.3 is 14.4 Å². The van der Waals surface area contributed by atoms with Gasteiger partial charge in [0.2, 0.25) is 0 Å². The van der Waals surface area contributed by atoms with E-state index < -0.39 is 0 Å². The summed E-state index contributed by atoms with van der Waals surface area (Å²) >= 11 is 0. The highest BCUT2D eigenvalue weighted by atomic mass is 16.5. The number of rotatable bonds is 4. The Morgan fingerprint density at radius 3 is 2.65 bits per heavy atom. The molecule has 2 aromatic rings. The van der Waals surface area contributed by atoms with Gasteiger partial charge >= 0.3 is 7.69 Å². The average molecular weight is 229 g/mol. The summed E-state index contributed by atoms with van der Waals surface area (Å²) in [6.45, 7) is 0. The molecular formula is C12H12BNO3. The van der Waals surface area contributed by atoms with Gasteiger partial charge in [0.05, 0.1) is 19.0 Å². The predicted molar refractivity (Wildman–Crippen MR) is 66.2 cm³/mol. The van der Waals surface area contributed by atoms with Crippen LogP contribution in [0.25, 0.3) is 11.3 Å². The fourth-order valence-corrected chi connectivity index (χ4v) is 1.56. The van der Waals surface area contributed by atoms with Gasteiger partial charge in [-0.25, -0.2) is 0 Å². The van der Waals surface area contributed by atoms with Gasteiger partial charge in [0.15, 0.2) is 0 Å². The monoisotopic (exact) mass is 229 g/mol. The molecule has 0 amide bonds. The van der Waals surface area contributed by atoms with Crippen LogP contribution in [0.4, 0.5) is 0 Å². The molecule has 0 spiro atoms. The van der Waals surface area contributed by atoms with Crippen LogP contribution in [-0.2, 0) is 0 Å². The van der Waals surface area contributed by atoms with Crippen LogP contribution in [0.5, 0.6) is 11.5 Å². The molecule has 4 nitrogen and oxygen atoms in total. The van der Waals surface area contributed by atoms with Crippen LogP contribution < -0.4 is 9.39 Å². The zero-order valence-corrected chi connectivity index (χ0v) is 9.46. The molecule has 17 heavy (non-hydrogen) atoms. The van der Waals surface area contributed by atoms with Crippen molar-refractivity contribution in [2.24, 2.45) is 0 Å². The number of pyridine rings is 1. The molecule has 0 saturated carbocycles. The number of para-hydroxylation sites is 1. The molecule has 1 N–H and O–H groups in total. The van der Waals surface area contributed by atoms with Gasteiger partial charge in [0.25, 0.3) is 0 Å². The largest absolute Gasteiger partial charge is 0.538 e. The SMILES string of the molecule is COc1ccccc1-c1ccc(OBO)cn1. The van der Waals surface area contributed by atoms with Crippen molar-refractivity contribution in [2.75, 3.05) is 7.11 Å². The van der Waals surface area contributed by atoms with Crippen LogP contribution in [0, 0.1) is 0 Å². The van der Waals surface area contributed by atoms with Gasteiger partial charge in [-0.2, -0.15) is 0 Å². The normalized spacial score (nSPS) is 9.76. The lowest BCUT2D eigenvalue weighted by Crippen LogP contribution is -2.00. The molecule has 5 heteroatoms. The van der Waals surface area contributed by atoms with E-state index in [1.807, 2.05) is 30.3 Å². The van der Waals surface area contributed by atoms with E-state index in [1.165, 1.54) is 0 Å². The summed E-state index contributed by atoms with van der Waals surface area (Å²) in [6.07, 6.45) is 1.57. The van der Waals surface area contributed by atoms with Crippen molar-refractivity contribution in [3.8, 4) is 22.8 Å². The Bertz CT molecular complexity index is 487. The standard InChI is InChI=1S/C12H12BNO3/c1-16-12-5-3-2-4-10(12)11-7-6-9(8-14-11)17-13-15/h2-8,13,15H,1H3. The molecule has 0 aliphatic carbocycles. The van der Waals surface area contributed by atoms with Crippen molar-refractivity contribution in [3.05, 3.63) is 42.6 Å². The average Bonchev–Trinajstić information content (AvgIpc) is 2.40. The van der Waals surface area contributed by atoms with E-state index in [-0.39, 0.29) is 7.69 Å². The van der Waals surface area contributed by atoms with Crippen molar-refractivity contribution in [1.29, 1.82) is 0 Å². The van der Waals surface area contributed by atoms with Gasteiger partial charge in [-0.3, -0.25) is 4.98 Å². The summed E-state index contributed by atoms with van der Waals surface area (Å²) in [5.41, 5.74) is 1.72. The van der Waals surface area contributed by atoms with Crippen molar-refractivity contribution >= 4 is 7.69 Å². The Kier molecular flexibility index (Phi) is 3.62. The lowest BCUT2D eigenvalue weighted by atomic mass is 10.1. The minimum Gasteiger partial charge on any atom is -0.538 e. The third-order valence-electron chi connectivity index (χ3n) is 2.35. The van der Waals surface area contributed by atoms with Gasteiger partial charge in [-0.15, -0.1) is 0 Å². The highest BCUT2D eigenvalue weighted by molar-refractivity contribution is 6.17. The fourth-order valence-electron chi connectivity index (χ4n) is 1.56. The van der Waals surface area contributed by atoms with Gasteiger partial charge in [-0.1, -0.05) is 12.1 Å². The first-order valence-corrected chi connectivity index (χ1v) is 5.18. The van der Waals surface area contributed by atoms with E-state index in [9.17, 15) is 0 Å². The minimum atomic E-state index is -0.352. The van der Waals surface area contributed by atoms with Crippen LogP contribution in [-0.4, -0.2) is 24.8 Å². The Hall–Kier alpha value is -2.01. The van der Waals surface area contributed by atoms with E-state index in [0.717, 1.165) is 17.0 Å². The topological polar surface area (TPSA) is 51.6 Å². The Morgan fingerprint density at radius 2 is 2.00 bits per heavy atom. The molecule has 1 heterocycles. The van der Waals surface area contributed by atoms with Crippen LogP contribution in [0.2, 0.25) is 0 Å². The zero-order chi connectivity index (χ0) is 12.1. The van der Waals surface area contributed by atoms with Crippen molar-refractivity contribution in [2.45, 2.75) is 0 Å². The molecule has 0 bridgehead atoms. The van der Waals surface area contributed by atoms with Gasteiger partial charge in [0.1, 0.15) is 11.5 Å². The summed E-state index contributed by atoms with van der Waals surface area (Å²) in [5.74, 6) is 1.31. The van der Waals surface area contributed by atoms with Crippen LogP contribution >= 0.6 is 0 Å². The van der Waals surface area contributed by atoms with E-state index in [1.54, 1.807) is 19.4 Å². The number of hydrogen-bond donors (Lipinski definition) is 1. The van der Waals surface area contributed by atoms with Gasteiger partial charge in [-0.05, 0) is 24.3 Å². The van der Waals surface area contributed by atoms with E-state index in [0.29, 0.717) is 5.75 Å². The first-order chi connectivity index (χ1) is 8.35. The lowest BCUT2D eigenvalue weighted by molar-refractivity contribution is 0.416. The van der Waals surface area contributed by atoms with E-state index in [4.69, 9.17) is 14.4 Å². The molecule has 2 rings (SSSR count). The third kappa shape index (κ3) is 2.57. The number of benzene rings is 1. The molecular weight excluding hydrogens is 217 g/mol. The summed E-state index contributed by atoms with van der Waals surface area (Å²) < 4.78 is 10.2. The molecule has 1 aromatic heterocycles. The lowest BCUT2D eigenvalue weighted by Gasteiger charge is -2.08. The van der Waals surface area contributed by atoms with Crippen LogP contribution in [0.15, 0.2) is 42.6 Å². The molecule has 0 aliphatic heterocycles. The van der Waals surface area contributed by atoms with Gasteiger partial charge in [0, 0.05) is 5.56 Å². The number of ether oxygens (including phenoxy) is 1. The predicted octanol–water partition coefficient (Wildman–Crippen LogP) is 1.39. The second-order valence-electron chi connectivity index (χ2n) is 3.35. The van der Waals surface area contributed by atoms with Crippen molar-refractivity contribution < 1.29 is 14.4 Å². The molecule has 0 saturated heterocycles. The molecule has 0 atom stereocenters. The molecule has 0 radical (unpaired) electrons. The summed E-state index contributed by atoms with van der Waals surface area (Å²) in [5, 5.41) is 8.62. The highest BCUT2D eigenvalue weighted by Crippen LogP contribution is 2.28. The first-order valence-electron chi connectivity index (χ1n) is 5.18. The maximum atomic E-state index is 8.62. The summed E-state index contributed by atoms with van der Waals surface area (Å²) in [7, 11) is 1.28. The molecule has 86 valence electrons. The second-order valence-corrected chi connectivity index (χ2v) is 3.35. The Labute approximate surface area is 100 Å². The molecule has 0 unspecified atom stereocenters. The number of aromatic nitrogens is 1. The second kappa shape index (κ2) is 5.36. The maximum absolute atomic E-state index is 8.62. The smallest absolute Gasteiger partial charge is 0.504 e. The zero-order valence-electron chi connectivity index (χ0n) is 9.46. The quantitative estimate of drug-likeness (QED) is 0.805. The van der Waals surface area contributed by atoms with Crippen molar-refractivity contribution in [3.63, 3.8) is 0 Å². The highest BCUT2D eigenvalue weighted by Gasteiger charge is 2.05. The number of hydrogen-bond acceptors (Lipinski definition) is 4. The number of nitrogens with zero attached hydrogens (tertiary/aromatic N) is 1. The Balaban J connectivity index is 2.33.